The van der Waals surface area contributed by atoms with Crippen LogP contribution in [0.4, 0.5) is 0 Å². The lowest BCUT2D eigenvalue weighted by Crippen LogP contribution is -2.31. The molecule has 12 heavy (non-hydrogen) atoms. The Hall–Kier alpha value is -0.360. The number of likely N-dealkylation sites (tertiary alicyclic amines) is 1. The highest BCUT2D eigenvalue weighted by molar-refractivity contribution is 8.00. The van der Waals surface area contributed by atoms with Crippen molar-refractivity contribution in [2.24, 2.45) is 0 Å². The van der Waals surface area contributed by atoms with Crippen molar-refractivity contribution in [1.82, 2.24) is 4.90 Å². The Kier molecular flexibility index (Phi) is 3.74. The summed E-state index contributed by atoms with van der Waals surface area (Å²) in [6.07, 6.45) is 4.56. The van der Waals surface area contributed by atoms with Gasteiger partial charge in [-0.3, -0.25) is 0 Å². The van der Waals surface area contributed by atoms with Crippen LogP contribution in [0, 0.1) is 11.5 Å². The van der Waals surface area contributed by atoms with Crippen molar-refractivity contribution < 1.29 is 0 Å². The van der Waals surface area contributed by atoms with Gasteiger partial charge >= 0.3 is 0 Å². The average Bonchev–Trinajstić information content (AvgIpc) is 2.05. The zero-order chi connectivity index (χ0) is 8.97. The van der Waals surface area contributed by atoms with E-state index in [2.05, 4.69) is 31.8 Å². The monoisotopic (exact) mass is 184 g/mol. The Bertz CT molecular complexity index is 166. The Morgan fingerprint density at radius 1 is 1.42 bits per heavy atom. The van der Waals surface area contributed by atoms with E-state index in [0.717, 1.165) is 23.6 Å². The number of nitriles is 1. The molecule has 0 saturated carbocycles. The van der Waals surface area contributed by atoms with Crippen LogP contribution < -0.4 is 0 Å². The van der Waals surface area contributed by atoms with Crippen LogP contribution in [0.2, 0.25) is 0 Å². The molecule has 1 heterocycles. The fourth-order valence-electron chi connectivity index (χ4n) is 1.48. The molecule has 0 aromatic heterocycles. The normalized spacial score (nSPS) is 19.7. The maximum absolute atomic E-state index is 8.63. The minimum Gasteiger partial charge on any atom is -0.311 e. The minimum absolute atomic E-state index is 0.726. The van der Waals surface area contributed by atoms with Crippen LogP contribution in [-0.2, 0) is 0 Å². The van der Waals surface area contributed by atoms with Gasteiger partial charge in [-0.2, -0.15) is 17.0 Å². The largest absolute Gasteiger partial charge is 0.311 e. The Labute approximate surface area is 78.9 Å². The molecule has 0 amide bonds. The van der Waals surface area contributed by atoms with Crippen molar-refractivity contribution >= 4 is 11.8 Å². The van der Waals surface area contributed by atoms with Gasteiger partial charge in [0.15, 0.2) is 6.19 Å². The van der Waals surface area contributed by atoms with Gasteiger partial charge in [0.1, 0.15) is 0 Å². The summed E-state index contributed by atoms with van der Waals surface area (Å²) < 4.78 is 0. The summed E-state index contributed by atoms with van der Waals surface area (Å²) in [6, 6.07) is 0. The summed E-state index contributed by atoms with van der Waals surface area (Å²) in [7, 11) is 0. The molecule has 1 aliphatic rings. The van der Waals surface area contributed by atoms with Crippen molar-refractivity contribution in [3.63, 3.8) is 0 Å². The number of thioether (sulfide) groups is 1. The summed E-state index contributed by atoms with van der Waals surface area (Å²) in [6.45, 7) is 6.39. The van der Waals surface area contributed by atoms with Crippen LogP contribution in [-0.4, -0.2) is 28.5 Å². The molecule has 0 N–H and O–H groups in total. The molecular weight excluding hydrogens is 168 g/mol. The zero-order valence-corrected chi connectivity index (χ0v) is 8.60. The third kappa shape index (κ3) is 2.94. The van der Waals surface area contributed by atoms with Gasteiger partial charge < -0.3 is 4.90 Å². The predicted octanol–water partition coefficient (Wildman–Crippen LogP) is 2.07. The molecule has 0 aliphatic carbocycles. The van der Waals surface area contributed by atoms with E-state index in [1.54, 1.807) is 0 Å². The van der Waals surface area contributed by atoms with Gasteiger partial charge in [-0.15, -0.1) is 0 Å². The lowest BCUT2D eigenvalue weighted by atomic mass is 10.1. The highest BCUT2D eigenvalue weighted by Gasteiger charge is 2.18. The Balaban J connectivity index is 2.23. The quantitative estimate of drug-likeness (QED) is 0.615. The highest BCUT2D eigenvalue weighted by atomic mass is 32.2. The molecule has 0 radical (unpaired) electrons. The topological polar surface area (TPSA) is 27.0 Å². The fraction of sp³-hybridized carbons (Fsp3) is 0.889. The number of rotatable bonds is 2. The van der Waals surface area contributed by atoms with Crippen molar-refractivity contribution in [1.29, 1.82) is 5.26 Å². The molecule has 1 rings (SSSR count). The molecular formula is C9H16N2S. The van der Waals surface area contributed by atoms with Crippen LogP contribution in [0.1, 0.15) is 26.7 Å². The number of piperidine rings is 1. The third-order valence-electron chi connectivity index (χ3n) is 2.05. The van der Waals surface area contributed by atoms with Crippen LogP contribution in [0.5, 0.6) is 0 Å². The van der Waals surface area contributed by atoms with Gasteiger partial charge in [0.25, 0.3) is 0 Å². The van der Waals surface area contributed by atoms with E-state index in [0.29, 0.717) is 0 Å². The Morgan fingerprint density at radius 2 is 2.00 bits per heavy atom. The first kappa shape index (κ1) is 9.73. The van der Waals surface area contributed by atoms with Crippen LogP contribution in [0.25, 0.3) is 0 Å². The molecule has 0 aromatic rings. The van der Waals surface area contributed by atoms with Crippen LogP contribution in [0.15, 0.2) is 0 Å². The van der Waals surface area contributed by atoms with E-state index in [9.17, 15) is 0 Å². The second-order valence-corrected chi connectivity index (χ2v) is 5.35. The van der Waals surface area contributed by atoms with Gasteiger partial charge in [-0.1, -0.05) is 13.8 Å². The molecule has 2 nitrogen and oxygen atoms in total. The summed E-state index contributed by atoms with van der Waals surface area (Å²) in [4.78, 5) is 1.86. The zero-order valence-electron chi connectivity index (χ0n) is 7.79. The summed E-state index contributed by atoms with van der Waals surface area (Å²) in [5.41, 5.74) is 0. The summed E-state index contributed by atoms with van der Waals surface area (Å²) >= 11 is 2.05. The number of hydrogen-bond donors (Lipinski definition) is 0. The maximum atomic E-state index is 8.63. The predicted molar refractivity (Wildman–Crippen MR) is 52.9 cm³/mol. The van der Waals surface area contributed by atoms with Crippen LogP contribution in [0.3, 0.4) is 0 Å². The fourth-order valence-corrected chi connectivity index (χ4v) is 2.73. The van der Waals surface area contributed by atoms with E-state index in [1.807, 2.05) is 4.90 Å². The van der Waals surface area contributed by atoms with Gasteiger partial charge in [0.2, 0.25) is 0 Å². The van der Waals surface area contributed by atoms with Gasteiger partial charge in [0.05, 0.1) is 0 Å². The molecule has 68 valence electrons. The number of nitrogens with zero attached hydrogens (tertiary/aromatic N) is 2. The highest BCUT2D eigenvalue weighted by Crippen LogP contribution is 2.26. The molecule has 1 saturated heterocycles. The average molecular weight is 184 g/mol. The lowest BCUT2D eigenvalue weighted by molar-refractivity contribution is 0.328. The van der Waals surface area contributed by atoms with Gasteiger partial charge in [-0.05, 0) is 18.1 Å². The first-order valence-electron chi connectivity index (χ1n) is 4.52. The first-order chi connectivity index (χ1) is 5.72. The van der Waals surface area contributed by atoms with Crippen molar-refractivity contribution in [2.75, 3.05) is 13.1 Å². The van der Waals surface area contributed by atoms with Crippen molar-refractivity contribution in [2.45, 2.75) is 37.2 Å². The smallest absolute Gasteiger partial charge is 0.179 e. The number of hydrogen-bond acceptors (Lipinski definition) is 3. The minimum atomic E-state index is 0.726. The molecule has 0 bridgehead atoms. The van der Waals surface area contributed by atoms with E-state index in [1.165, 1.54) is 12.8 Å². The second-order valence-electron chi connectivity index (χ2n) is 3.47. The molecule has 3 heteroatoms. The molecule has 0 aromatic carbocycles. The second kappa shape index (κ2) is 4.61. The maximum Gasteiger partial charge on any atom is 0.179 e. The van der Waals surface area contributed by atoms with E-state index in [-0.39, 0.29) is 0 Å². The van der Waals surface area contributed by atoms with E-state index in [4.69, 9.17) is 5.26 Å². The molecule has 0 unspecified atom stereocenters. The molecule has 1 aliphatic heterocycles. The van der Waals surface area contributed by atoms with E-state index >= 15 is 0 Å². The van der Waals surface area contributed by atoms with Crippen molar-refractivity contribution in [3.8, 4) is 6.19 Å². The standard InChI is InChI=1S/C9H16N2S/c1-8(2)12-9-3-5-11(7-10)6-4-9/h8-9H,3-6H2,1-2H3. The lowest BCUT2D eigenvalue weighted by Gasteiger charge is -2.28. The third-order valence-corrected chi connectivity index (χ3v) is 3.45. The van der Waals surface area contributed by atoms with Crippen molar-refractivity contribution in [3.05, 3.63) is 0 Å². The SMILES string of the molecule is CC(C)SC1CCN(C#N)CC1. The summed E-state index contributed by atoms with van der Waals surface area (Å²) in [5, 5.41) is 10.1. The molecule has 0 spiro atoms. The van der Waals surface area contributed by atoms with E-state index < -0.39 is 0 Å². The first-order valence-corrected chi connectivity index (χ1v) is 5.47. The van der Waals surface area contributed by atoms with Gasteiger partial charge in [-0.25, -0.2) is 0 Å². The molecule has 1 fully saturated rings. The van der Waals surface area contributed by atoms with Crippen LogP contribution >= 0.6 is 11.8 Å². The Morgan fingerprint density at radius 3 is 2.42 bits per heavy atom. The van der Waals surface area contributed by atoms with Gasteiger partial charge in [0, 0.05) is 18.3 Å². The molecule has 0 atom stereocenters. The summed E-state index contributed by atoms with van der Waals surface area (Å²) in [5.74, 6) is 0.